The van der Waals surface area contributed by atoms with Crippen LogP contribution in [0.25, 0.3) is 0 Å². The fourth-order valence-corrected chi connectivity index (χ4v) is 3.55. The molecular formula is C17H24N4O. The highest BCUT2D eigenvalue weighted by Gasteiger charge is 2.61. The number of nitrogens with zero attached hydrogens (tertiary/aromatic N) is 3. The molecule has 1 aliphatic carbocycles. The Balaban J connectivity index is 1.76. The van der Waals surface area contributed by atoms with Crippen molar-refractivity contribution >= 4 is 11.7 Å². The van der Waals surface area contributed by atoms with Crippen molar-refractivity contribution in [3.05, 3.63) is 29.0 Å². The molecule has 5 nitrogen and oxygen atoms in total. The fraction of sp³-hybridized carbons (Fsp3) is 0.588. The second kappa shape index (κ2) is 5.07. The summed E-state index contributed by atoms with van der Waals surface area (Å²) in [6, 6.07) is 1.84. The molecule has 0 bridgehead atoms. The lowest BCUT2D eigenvalue weighted by atomic mass is 10.0. The minimum atomic E-state index is 0.0597. The van der Waals surface area contributed by atoms with Gasteiger partial charge in [0.15, 0.2) is 0 Å². The molecule has 0 spiro atoms. The number of hydrogen-bond acceptors (Lipinski definition) is 4. The van der Waals surface area contributed by atoms with Gasteiger partial charge in [0.25, 0.3) is 0 Å². The van der Waals surface area contributed by atoms with Gasteiger partial charge in [-0.15, -0.1) is 5.10 Å². The Kier molecular flexibility index (Phi) is 3.46. The number of nitrogens with two attached hydrogens (primary N) is 1. The largest absolute Gasteiger partial charge is 0.382 e. The Morgan fingerprint density at radius 2 is 2.14 bits per heavy atom. The maximum Gasteiger partial charge on any atom is 0.227 e. The maximum atomic E-state index is 12.9. The van der Waals surface area contributed by atoms with Crippen LogP contribution in [0.3, 0.4) is 0 Å². The topological polar surface area (TPSA) is 72.1 Å². The van der Waals surface area contributed by atoms with Crippen LogP contribution in [-0.2, 0) is 17.8 Å². The molecule has 0 saturated heterocycles. The quantitative estimate of drug-likeness (QED) is 0.850. The number of rotatable bonds is 2. The van der Waals surface area contributed by atoms with Gasteiger partial charge in [-0.05, 0) is 36.8 Å². The van der Waals surface area contributed by atoms with E-state index in [1.54, 1.807) is 0 Å². The number of carbonyl (C=O) groups is 1. The molecule has 118 valence electrons. The Morgan fingerprint density at radius 1 is 1.41 bits per heavy atom. The highest BCUT2D eigenvalue weighted by molar-refractivity contribution is 5.84. The normalized spacial score (nSPS) is 25.4. The second-order valence-corrected chi connectivity index (χ2v) is 7.32. The Labute approximate surface area is 131 Å². The average molecular weight is 300 g/mol. The van der Waals surface area contributed by atoms with Gasteiger partial charge < -0.3 is 10.6 Å². The molecule has 3 rings (SSSR count). The maximum absolute atomic E-state index is 12.9. The molecule has 0 unspecified atom stereocenters. The molecule has 1 aromatic rings. The molecular weight excluding hydrogens is 276 g/mol. The molecule has 22 heavy (non-hydrogen) atoms. The molecule has 2 atom stereocenters. The van der Waals surface area contributed by atoms with Crippen molar-refractivity contribution in [3.63, 3.8) is 0 Å². The second-order valence-electron chi connectivity index (χ2n) is 7.32. The third-order valence-electron chi connectivity index (χ3n) is 4.96. The summed E-state index contributed by atoms with van der Waals surface area (Å²) >= 11 is 0. The van der Waals surface area contributed by atoms with Crippen LogP contribution in [0, 0.1) is 17.3 Å². The van der Waals surface area contributed by atoms with E-state index >= 15 is 0 Å². The van der Waals surface area contributed by atoms with Crippen LogP contribution in [0.4, 0.5) is 5.82 Å². The van der Waals surface area contributed by atoms with Gasteiger partial charge >= 0.3 is 0 Å². The first-order chi connectivity index (χ1) is 10.3. The lowest BCUT2D eigenvalue weighted by Gasteiger charge is -2.28. The predicted molar refractivity (Wildman–Crippen MR) is 85.8 cm³/mol. The van der Waals surface area contributed by atoms with E-state index in [9.17, 15) is 4.79 Å². The first-order valence-electron chi connectivity index (χ1n) is 7.85. The monoisotopic (exact) mass is 300 g/mol. The number of allylic oxidation sites excluding steroid dienone is 2. The first-order valence-corrected chi connectivity index (χ1v) is 7.85. The predicted octanol–water partition coefficient (Wildman–Crippen LogP) is 2.18. The summed E-state index contributed by atoms with van der Waals surface area (Å²) < 4.78 is 0. The van der Waals surface area contributed by atoms with Crippen molar-refractivity contribution in [3.8, 4) is 0 Å². The first kappa shape index (κ1) is 15.0. The minimum Gasteiger partial charge on any atom is -0.382 e. The zero-order valence-corrected chi connectivity index (χ0v) is 13.8. The highest BCUT2D eigenvalue weighted by Crippen LogP contribution is 2.60. The van der Waals surface area contributed by atoms with E-state index in [0.29, 0.717) is 18.3 Å². The number of carbonyl (C=O) groups excluding carboxylic acids is 1. The van der Waals surface area contributed by atoms with Crippen molar-refractivity contribution in [1.82, 2.24) is 15.1 Å². The number of fused-ring (bicyclic) bond motifs is 1. The zero-order chi connectivity index (χ0) is 16.1. The molecule has 1 amide bonds. The number of aromatic nitrogens is 2. The van der Waals surface area contributed by atoms with E-state index in [-0.39, 0.29) is 17.2 Å². The van der Waals surface area contributed by atoms with Gasteiger partial charge in [0, 0.05) is 19.5 Å². The molecule has 2 aliphatic rings. The summed E-state index contributed by atoms with van der Waals surface area (Å²) in [6.07, 6.45) is 3.00. The number of anilines is 1. The van der Waals surface area contributed by atoms with Crippen molar-refractivity contribution in [1.29, 1.82) is 0 Å². The van der Waals surface area contributed by atoms with E-state index < -0.39 is 0 Å². The molecule has 5 heteroatoms. The van der Waals surface area contributed by atoms with Gasteiger partial charge in [0.2, 0.25) is 5.91 Å². The van der Waals surface area contributed by atoms with Gasteiger partial charge in [-0.25, -0.2) is 0 Å². The summed E-state index contributed by atoms with van der Waals surface area (Å²) in [5.74, 6) is 1.12. The summed E-state index contributed by atoms with van der Waals surface area (Å²) in [7, 11) is 0. The molecule has 1 saturated carbocycles. The number of hydrogen-bond donors (Lipinski definition) is 1. The Bertz CT molecular complexity index is 646. The number of amides is 1. The molecule has 0 aromatic carbocycles. The Hall–Kier alpha value is -1.91. The van der Waals surface area contributed by atoms with Gasteiger partial charge in [-0.2, -0.15) is 5.10 Å². The van der Waals surface area contributed by atoms with Gasteiger partial charge in [0.05, 0.1) is 11.6 Å². The molecule has 2 N–H and O–H groups in total. The van der Waals surface area contributed by atoms with Gasteiger partial charge in [-0.3, -0.25) is 4.79 Å². The summed E-state index contributed by atoms with van der Waals surface area (Å²) in [4.78, 5) is 14.8. The third-order valence-corrected chi connectivity index (χ3v) is 4.96. The van der Waals surface area contributed by atoms with Crippen LogP contribution in [0.15, 0.2) is 17.7 Å². The van der Waals surface area contributed by atoms with E-state index in [1.807, 2.05) is 11.0 Å². The van der Waals surface area contributed by atoms with Crippen molar-refractivity contribution in [2.45, 2.75) is 40.7 Å². The third kappa shape index (κ3) is 2.49. The summed E-state index contributed by atoms with van der Waals surface area (Å²) in [6.45, 7) is 9.87. The lowest BCUT2D eigenvalue weighted by molar-refractivity contribution is -0.134. The van der Waals surface area contributed by atoms with Crippen LogP contribution in [0.2, 0.25) is 0 Å². The van der Waals surface area contributed by atoms with E-state index in [2.05, 4.69) is 44.0 Å². The average Bonchev–Trinajstić information content (AvgIpc) is 2.97. The minimum absolute atomic E-state index is 0.0597. The number of nitrogen functional groups attached to an aromatic ring is 1. The van der Waals surface area contributed by atoms with Crippen molar-refractivity contribution in [2.75, 3.05) is 12.3 Å². The zero-order valence-electron chi connectivity index (χ0n) is 13.8. The molecule has 1 aliphatic heterocycles. The van der Waals surface area contributed by atoms with Crippen LogP contribution >= 0.6 is 0 Å². The highest BCUT2D eigenvalue weighted by atomic mass is 16.2. The lowest BCUT2D eigenvalue weighted by Crippen LogP contribution is -2.38. The molecule has 0 radical (unpaired) electrons. The van der Waals surface area contributed by atoms with Crippen LogP contribution in [0.5, 0.6) is 0 Å². The van der Waals surface area contributed by atoms with Crippen LogP contribution < -0.4 is 5.73 Å². The molecule has 2 heterocycles. The summed E-state index contributed by atoms with van der Waals surface area (Å²) in [5, 5.41) is 8.03. The summed E-state index contributed by atoms with van der Waals surface area (Å²) in [5.41, 5.74) is 9.05. The van der Waals surface area contributed by atoms with Crippen molar-refractivity contribution < 1.29 is 4.79 Å². The van der Waals surface area contributed by atoms with Gasteiger partial charge in [-0.1, -0.05) is 25.5 Å². The van der Waals surface area contributed by atoms with Crippen LogP contribution in [0.1, 0.15) is 39.0 Å². The smallest absolute Gasteiger partial charge is 0.227 e. The fourth-order valence-electron chi connectivity index (χ4n) is 3.55. The van der Waals surface area contributed by atoms with Crippen LogP contribution in [-0.4, -0.2) is 27.5 Å². The van der Waals surface area contributed by atoms with E-state index in [0.717, 1.165) is 24.2 Å². The molecule has 1 fully saturated rings. The SMILES string of the molecule is CC(C)=C[C@@H]1[C@@H](C(=O)N2CCc3nnc(N)cc3C2)C1(C)C. The van der Waals surface area contributed by atoms with E-state index in [4.69, 9.17) is 5.73 Å². The molecule has 1 aromatic heterocycles. The van der Waals surface area contributed by atoms with E-state index in [1.165, 1.54) is 5.57 Å². The standard InChI is InChI=1S/C17H24N4O/c1-10(2)7-12-15(17(12,3)4)16(22)21-6-5-13-11(9-21)8-14(18)20-19-13/h7-8,12,15H,5-6,9H2,1-4H3,(H2,18,20)/t12-,15+/m1/s1. The van der Waals surface area contributed by atoms with Gasteiger partial charge in [0.1, 0.15) is 5.82 Å². The Morgan fingerprint density at radius 3 is 2.82 bits per heavy atom. The van der Waals surface area contributed by atoms with Crippen molar-refractivity contribution in [2.24, 2.45) is 17.3 Å².